The SMILES string of the molecule is O=C(NCCCN1CCOCC1)NCCCn1cnc2ccccc21. The normalized spacial score (nSPS) is 15.4. The van der Waals surface area contributed by atoms with E-state index in [9.17, 15) is 4.79 Å². The van der Waals surface area contributed by atoms with Gasteiger partial charge >= 0.3 is 6.03 Å². The third-order valence-corrected chi connectivity index (χ3v) is 4.43. The topological polar surface area (TPSA) is 71.4 Å². The zero-order chi connectivity index (χ0) is 17.3. The lowest BCUT2D eigenvalue weighted by Crippen LogP contribution is -2.40. The lowest BCUT2D eigenvalue weighted by molar-refractivity contribution is 0.0375. The van der Waals surface area contributed by atoms with Crippen molar-refractivity contribution in [3.05, 3.63) is 30.6 Å². The third kappa shape index (κ3) is 5.44. The molecule has 2 N–H and O–H groups in total. The highest BCUT2D eigenvalue weighted by Crippen LogP contribution is 2.11. The number of rotatable bonds is 8. The Labute approximate surface area is 148 Å². The maximum atomic E-state index is 11.8. The molecule has 0 bridgehead atoms. The number of nitrogens with one attached hydrogen (secondary N) is 2. The van der Waals surface area contributed by atoms with Gasteiger partial charge in [-0.3, -0.25) is 4.90 Å². The molecule has 136 valence electrons. The number of hydrogen-bond acceptors (Lipinski definition) is 4. The van der Waals surface area contributed by atoms with Crippen molar-refractivity contribution >= 4 is 17.1 Å². The van der Waals surface area contributed by atoms with Gasteiger partial charge in [0.1, 0.15) is 0 Å². The van der Waals surface area contributed by atoms with Crippen molar-refractivity contribution in [2.45, 2.75) is 19.4 Å². The first-order valence-electron chi connectivity index (χ1n) is 9.04. The molecule has 0 unspecified atom stereocenters. The van der Waals surface area contributed by atoms with Gasteiger partial charge in [-0.25, -0.2) is 9.78 Å². The van der Waals surface area contributed by atoms with Crippen molar-refractivity contribution in [1.82, 2.24) is 25.1 Å². The number of imidazole rings is 1. The van der Waals surface area contributed by atoms with E-state index < -0.39 is 0 Å². The number of ether oxygens (including phenoxy) is 1. The molecule has 0 atom stereocenters. The summed E-state index contributed by atoms with van der Waals surface area (Å²) in [5, 5.41) is 5.83. The number of para-hydroxylation sites is 2. The highest BCUT2D eigenvalue weighted by Gasteiger charge is 2.09. The van der Waals surface area contributed by atoms with Gasteiger partial charge in [0.15, 0.2) is 0 Å². The van der Waals surface area contributed by atoms with E-state index >= 15 is 0 Å². The number of benzene rings is 1. The summed E-state index contributed by atoms with van der Waals surface area (Å²) in [6.45, 7) is 6.84. The first-order chi connectivity index (χ1) is 12.3. The van der Waals surface area contributed by atoms with Crippen LogP contribution in [0.5, 0.6) is 0 Å². The number of hydrogen-bond donors (Lipinski definition) is 2. The van der Waals surface area contributed by atoms with Gasteiger partial charge in [-0.15, -0.1) is 0 Å². The van der Waals surface area contributed by atoms with E-state index in [0.717, 1.165) is 63.3 Å². The van der Waals surface area contributed by atoms with Gasteiger partial charge in [0, 0.05) is 32.7 Å². The molecule has 3 rings (SSSR count). The molecule has 0 aliphatic carbocycles. The number of morpholine rings is 1. The Morgan fingerprint density at radius 2 is 1.80 bits per heavy atom. The standard InChI is InChI=1S/C18H27N5O2/c24-18(19-7-3-9-22-11-13-25-14-12-22)20-8-4-10-23-15-21-16-5-1-2-6-17(16)23/h1-2,5-6,15H,3-4,7-14H2,(H2,19,20,24). The molecule has 7 nitrogen and oxygen atoms in total. The Kier molecular flexibility index (Phi) is 6.64. The van der Waals surface area contributed by atoms with Crippen molar-refractivity contribution in [2.75, 3.05) is 45.9 Å². The van der Waals surface area contributed by atoms with Crippen LogP contribution in [0.4, 0.5) is 4.79 Å². The fourth-order valence-electron chi connectivity index (χ4n) is 3.03. The molecule has 1 aromatic carbocycles. The van der Waals surface area contributed by atoms with E-state index in [1.807, 2.05) is 24.5 Å². The van der Waals surface area contributed by atoms with Crippen LogP contribution in [-0.4, -0.2) is 66.4 Å². The van der Waals surface area contributed by atoms with Crippen LogP contribution in [0.2, 0.25) is 0 Å². The Morgan fingerprint density at radius 1 is 1.08 bits per heavy atom. The quantitative estimate of drug-likeness (QED) is 0.711. The number of carbonyl (C=O) groups is 1. The Hall–Kier alpha value is -2.12. The fraction of sp³-hybridized carbons (Fsp3) is 0.556. The molecule has 1 saturated heterocycles. The van der Waals surface area contributed by atoms with Crippen molar-refractivity contribution in [3.8, 4) is 0 Å². The first kappa shape index (κ1) is 17.7. The smallest absolute Gasteiger partial charge is 0.314 e. The predicted molar refractivity (Wildman–Crippen MR) is 97.6 cm³/mol. The van der Waals surface area contributed by atoms with Gasteiger partial charge in [-0.2, -0.15) is 0 Å². The second-order valence-corrected chi connectivity index (χ2v) is 6.27. The summed E-state index contributed by atoms with van der Waals surface area (Å²) in [5.74, 6) is 0. The van der Waals surface area contributed by atoms with Crippen LogP contribution in [0.1, 0.15) is 12.8 Å². The van der Waals surface area contributed by atoms with Gasteiger partial charge < -0.3 is 19.9 Å². The Balaban J connectivity index is 1.25. The molecule has 0 radical (unpaired) electrons. The van der Waals surface area contributed by atoms with Crippen LogP contribution < -0.4 is 10.6 Å². The van der Waals surface area contributed by atoms with Gasteiger partial charge in [0.05, 0.1) is 30.6 Å². The minimum Gasteiger partial charge on any atom is -0.379 e. The molecule has 1 aliphatic heterocycles. The molecule has 1 fully saturated rings. The second kappa shape index (κ2) is 9.39. The highest BCUT2D eigenvalue weighted by atomic mass is 16.5. The lowest BCUT2D eigenvalue weighted by Gasteiger charge is -2.26. The van der Waals surface area contributed by atoms with E-state index in [0.29, 0.717) is 13.1 Å². The van der Waals surface area contributed by atoms with Crippen LogP contribution in [0, 0.1) is 0 Å². The number of fused-ring (bicyclic) bond motifs is 1. The molecule has 2 heterocycles. The summed E-state index contributed by atoms with van der Waals surface area (Å²) >= 11 is 0. The van der Waals surface area contributed by atoms with Gasteiger partial charge in [0.2, 0.25) is 0 Å². The molecule has 0 saturated carbocycles. The number of nitrogens with zero attached hydrogens (tertiary/aromatic N) is 3. The Bertz CT molecular complexity index is 666. The van der Waals surface area contributed by atoms with Crippen LogP contribution in [0.25, 0.3) is 11.0 Å². The fourth-order valence-corrected chi connectivity index (χ4v) is 3.03. The van der Waals surface area contributed by atoms with Crippen molar-refractivity contribution in [1.29, 1.82) is 0 Å². The number of urea groups is 1. The molecule has 1 aliphatic rings. The summed E-state index contributed by atoms with van der Waals surface area (Å²) in [6.07, 6.45) is 3.70. The predicted octanol–water partition coefficient (Wildman–Crippen LogP) is 1.45. The average Bonchev–Trinajstić information content (AvgIpc) is 3.06. The summed E-state index contributed by atoms with van der Waals surface area (Å²) in [7, 11) is 0. The van der Waals surface area contributed by atoms with E-state index in [4.69, 9.17) is 4.74 Å². The number of amides is 2. The molecular weight excluding hydrogens is 318 g/mol. The lowest BCUT2D eigenvalue weighted by atomic mass is 10.3. The van der Waals surface area contributed by atoms with Crippen molar-refractivity contribution < 1.29 is 9.53 Å². The van der Waals surface area contributed by atoms with E-state index in [1.54, 1.807) is 0 Å². The highest BCUT2D eigenvalue weighted by molar-refractivity contribution is 5.75. The first-order valence-corrected chi connectivity index (χ1v) is 9.04. The second-order valence-electron chi connectivity index (χ2n) is 6.27. The largest absolute Gasteiger partial charge is 0.379 e. The van der Waals surface area contributed by atoms with Crippen LogP contribution in [0.15, 0.2) is 30.6 Å². The Morgan fingerprint density at radius 3 is 2.60 bits per heavy atom. The van der Waals surface area contributed by atoms with E-state index in [1.165, 1.54) is 0 Å². The molecule has 25 heavy (non-hydrogen) atoms. The van der Waals surface area contributed by atoms with E-state index in [-0.39, 0.29) is 6.03 Å². The summed E-state index contributed by atoms with van der Waals surface area (Å²) in [4.78, 5) is 18.5. The number of carbonyl (C=O) groups excluding carboxylic acids is 1. The summed E-state index contributed by atoms with van der Waals surface area (Å²) < 4.78 is 7.44. The van der Waals surface area contributed by atoms with Gasteiger partial charge in [0.25, 0.3) is 0 Å². The molecule has 7 heteroatoms. The van der Waals surface area contributed by atoms with Gasteiger partial charge in [-0.05, 0) is 31.5 Å². The van der Waals surface area contributed by atoms with Crippen LogP contribution in [-0.2, 0) is 11.3 Å². The van der Waals surface area contributed by atoms with Crippen molar-refractivity contribution in [3.63, 3.8) is 0 Å². The average molecular weight is 345 g/mol. The minimum atomic E-state index is -0.0857. The minimum absolute atomic E-state index is 0.0857. The molecular formula is C18H27N5O2. The zero-order valence-electron chi connectivity index (χ0n) is 14.6. The monoisotopic (exact) mass is 345 g/mol. The third-order valence-electron chi connectivity index (χ3n) is 4.43. The zero-order valence-corrected chi connectivity index (χ0v) is 14.6. The van der Waals surface area contributed by atoms with Crippen LogP contribution in [0.3, 0.4) is 0 Å². The molecule has 0 spiro atoms. The molecule has 2 amide bonds. The number of aromatic nitrogens is 2. The van der Waals surface area contributed by atoms with Gasteiger partial charge in [-0.1, -0.05) is 12.1 Å². The maximum absolute atomic E-state index is 11.8. The molecule has 2 aromatic rings. The maximum Gasteiger partial charge on any atom is 0.314 e. The van der Waals surface area contributed by atoms with Crippen molar-refractivity contribution in [2.24, 2.45) is 0 Å². The molecule has 1 aromatic heterocycles. The van der Waals surface area contributed by atoms with E-state index in [2.05, 4.69) is 31.2 Å². The van der Waals surface area contributed by atoms with Crippen LogP contribution >= 0.6 is 0 Å². The summed E-state index contributed by atoms with van der Waals surface area (Å²) in [6, 6.07) is 8.00. The number of aryl methyl sites for hydroxylation is 1. The summed E-state index contributed by atoms with van der Waals surface area (Å²) in [5.41, 5.74) is 2.14.